The second-order valence-electron chi connectivity index (χ2n) is 6.24. The third kappa shape index (κ3) is 3.33. The molecule has 1 aromatic rings. The molecule has 0 aromatic heterocycles. The molecule has 1 saturated carbocycles. The second-order valence-corrected chi connectivity index (χ2v) is 8.26. The molecule has 0 unspecified atom stereocenters. The Morgan fingerprint density at radius 1 is 1.18 bits per heavy atom. The summed E-state index contributed by atoms with van der Waals surface area (Å²) in [6.45, 7) is 2.87. The first kappa shape index (κ1) is 15.5. The quantitative estimate of drug-likeness (QED) is 0.824. The van der Waals surface area contributed by atoms with E-state index in [2.05, 4.69) is 0 Å². The van der Waals surface area contributed by atoms with E-state index >= 15 is 0 Å². The van der Waals surface area contributed by atoms with Gasteiger partial charge in [-0.1, -0.05) is 37.3 Å². The van der Waals surface area contributed by atoms with E-state index in [0.29, 0.717) is 19.1 Å². The molecule has 1 aliphatic heterocycles. The van der Waals surface area contributed by atoms with E-state index in [1.807, 2.05) is 42.2 Å². The van der Waals surface area contributed by atoms with E-state index in [9.17, 15) is 13.2 Å². The van der Waals surface area contributed by atoms with Gasteiger partial charge in [0.15, 0.2) is 0 Å². The maximum absolute atomic E-state index is 12.6. The van der Waals surface area contributed by atoms with Gasteiger partial charge in [0.2, 0.25) is 15.9 Å². The fourth-order valence-electron chi connectivity index (χ4n) is 2.97. The Bertz CT molecular complexity index is 641. The van der Waals surface area contributed by atoms with Gasteiger partial charge in [-0.25, -0.2) is 8.42 Å². The monoisotopic (exact) mass is 322 g/mol. The Morgan fingerprint density at radius 3 is 2.45 bits per heavy atom. The lowest BCUT2D eigenvalue weighted by atomic mass is 10.0. The van der Waals surface area contributed by atoms with Gasteiger partial charge in [0.25, 0.3) is 0 Å². The normalized spacial score (nSPS) is 21.9. The first-order valence-electron chi connectivity index (χ1n) is 7.79. The summed E-state index contributed by atoms with van der Waals surface area (Å²) >= 11 is 0. The number of carbonyl (C=O) groups is 1. The Morgan fingerprint density at radius 2 is 1.86 bits per heavy atom. The lowest BCUT2D eigenvalue weighted by Crippen LogP contribution is -2.53. The highest BCUT2D eigenvalue weighted by Crippen LogP contribution is 2.29. The molecule has 0 radical (unpaired) electrons. The van der Waals surface area contributed by atoms with Crippen LogP contribution < -0.4 is 0 Å². The van der Waals surface area contributed by atoms with Crippen LogP contribution in [0, 0.1) is 0 Å². The van der Waals surface area contributed by atoms with Gasteiger partial charge < -0.3 is 4.90 Å². The van der Waals surface area contributed by atoms with Crippen molar-refractivity contribution < 1.29 is 13.2 Å². The SMILES string of the molecule is C[C@H](CS(=O)(=O)N1CCN(C2CC2)C(=O)C1)c1ccccc1. The molecule has 22 heavy (non-hydrogen) atoms. The van der Waals surface area contributed by atoms with E-state index in [1.54, 1.807) is 0 Å². The number of benzene rings is 1. The highest BCUT2D eigenvalue weighted by Gasteiger charge is 2.38. The molecule has 3 rings (SSSR count). The van der Waals surface area contributed by atoms with Crippen molar-refractivity contribution in [3.8, 4) is 0 Å². The van der Waals surface area contributed by atoms with Crippen molar-refractivity contribution in [1.82, 2.24) is 9.21 Å². The maximum atomic E-state index is 12.6. The summed E-state index contributed by atoms with van der Waals surface area (Å²) in [5, 5.41) is 0. The van der Waals surface area contributed by atoms with E-state index in [4.69, 9.17) is 0 Å². The van der Waals surface area contributed by atoms with Gasteiger partial charge in [-0.05, 0) is 24.3 Å². The smallest absolute Gasteiger partial charge is 0.238 e. The van der Waals surface area contributed by atoms with Gasteiger partial charge in [-0.15, -0.1) is 0 Å². The minimum Gasteiger partial charge on any atom is -0.337 e. The van der Waals surface area contributed by atoms with Gasteiger partial charge in [0.05, 0.1) is 12.3 Å². The average molecular weight is 322 g/mol. The molecule has 2 aliphatic rings. The number of piperazine rings is 1. The van der Waals surface area contributed by atoms with E-state index in [0.717, 1.165) is 18.4 Å². The molecule has 5 nitrogen and oxygen atoms in total. The van der Waals surface area contributed by atoms with Crippen LogP contribution >= 0.6 is 0 Å². The first-order valence-corrected chi connectivity index (χ1v) is 9.40. The molecule has 1 atom stereocenters. The van der Waals surface area contributed by atoms with Crippen LogP contribution in [0.2, 0.25) is 0 Å². The Hall–Kier alpha value is -1.40. The zero-order valence-corrected chi connectivity index (χ0v) is 13.6. The largest absolute Gasteiger partial charge is 0.337 e. The van der Waals surface area contributed by atoms with Crippen LogP contribution in [0.15, 0.2) is 30.3 Å². The summed E-state index contributed by atoms with van der Waals surface area (Å²) in [4.78, 5) is 13.9. The number of hydrogen-bond acceptors (Lipinski definition) is 3. The highest BCUT2D eigenvalue weighted by molar-refractivity contribution is 7.89. The molecular formula is C16H22N2O3S. The number of hydrogen-bond donors (Lipinski definition) is 0. The van der Waals surface area contributed by atoms with Crippen LogP contribution in [0.5, 0.6) is 0 Å². The standard InChI is InChI=1S/C16H22N2O3S/c1-13(14-5-3-2-4-6-14)12-22(20,21)17-9-10-18(15-7-8-15)16(19)11-17/h2-6,13,15H,7-12H2,1H3/t13-/m1/s1. The topological polar surface area (TPSA) is 57.7 Å². The summed E-state index contributed by atoms with van der Waals surface area (Å²) in [5.41, 5.74) is 1.01. The summed E-state index contributed by atoms with van der Waals surface area (Å²) in [6.07, 6.45) is 2.12. The van der Waals surface area contributed by atoms with Crippen molar-refractivity contribution in [2.75, 3.05) is 25.4 Å². The Balaban J connectivity index is 1.64. The minimum absolute atomic E-state index is 0.000340. The van der Waals surface area contributed by atoms with Gasteiger partial charge in [-0.3, -0.25) is 4.79 Å². The third-order valence-corrected chi connectivity index (χ3v) is 6.45. The Kier molecular flexibility index (Phi) is 4.23. The number of amides is 1. The van der Waals surface area contributed by atoms with Crippen LogP contribution in [-0.2, 0) is 14.8 Å². The van der Waals surface area contributed by atoms with Gasteiger partial charge >= 0.3 is 0 Å². The molecule has 1 heterocycles. The summed E-state index contributed by atoms with van der Waals surface area (Å²) in [6, 6.07) is 9.99. The fraction of sp³-hybridized carbons (Fsp3) is 0.562. The zero-order valence-electron chi connectivity index (χ0n) is 12.8. The molecule has 1 aromatic carbocycles. The molecule has 0 N–H and O–H groups in total. The van der Waals surface area contributed by atoms with E-state index < -0.39 is 10.0 Å². The van der Waals surface area contributed by atoms with E-state index in [-0.39, 0.29) is 24.1 Å². The lowest BCUT2D eigenvalue weighted by Gasteiger charge is -2.34. The molecule has 6 heteroatoms. The minimum atomic E-state index is -3.41. The number of rotatable bonds is 5. The van der Waals surface area contributed by atoms with Crippen molar-refractivity contribution >= 4 is 15.9 Å². The van der Waals surface area contributed by atoms with Crippen LogP contribution in [0.3, 0.4) is 0 Å². The van der Waals surface area contributed by atoms with Crippen LogP contribution in [-0.4, -0.2) is 55.0 Å². The predicted octanol–water partition coefficient (Wildman–Crippen LogP) is 1.43. The number of sulfonamides is 1. The van der Waals surface area contributed by atoms with Crippen LogP contribution in [0.1, 0.15) is 31.2 Å². The molecule has 0 bridgehead atoms. The lowest BCUT2D eigenvalue weighted by molar-refractivity contribution is -0.134. The summed E-state index contributed by atoms with van der Waals surface area (Å²) < 4.78 is 26.5. The molecule has 1 amide bonds. The number of carbonyl (C=O) groups excluding carboxylic acids is 1. The summed E-state index contributed by atoms with van der Waals surface area (Å²) in [5.74, 6) is -0.0827. The van der Waals surface area contributed by atoms with Crippen molar-refractivity contribution in [2.45, 2.75) is 31.7 Å². The third-order valence-electron chi connectivity index (χ3n) is 4.43. The van der Waals surface area contributed by atoms with Crippen LogP contribution in [0.4, 0.5) is 0 Å². The van der Waals surface area contributed by atoms with Crippen molar-refractivity contribution in [1.29, 1.82) is 0 Å². The predicted molar refractivity (Wildman–Crippen MR) is 85.0 cm³/mol. The Labute approximate surface area is 132 Å². The van der Waals surface area contributed by atoms with Crippen molar-refractivity contribution in [2.24, 2.45) is 0 Å². The first-order chi connectivity index (χ1) is 10.5. The molecule has 0 spiro atoms. The fourth-order valence-corrected chi connectivity index (χ4v) is 4.68. The molecule has 1 saturated heterocycles. The van der Waals surface area contributed by atoms with Crippen molar-refractivity contribution in [3.05, 3.63) is 35.9 Å². The average Bonchev–Trinajstić information content (AvgIpc) is 3.32. The van der Waals surface area contributed by atoms with Gasteiger partial charge in [0, 0.05) is 19.1 Å². The zero-order chi connectivity index (χ0) is 15.7. The maximum Gasteiger partial charge on any atom is 0.238 e. The number of nitrogens with zero attached hydrogens (tertiary/aromatic N) is 2. The molecular weight excluding hydrogens is 300 g/mol. The van der Waals surface area contributed by atoms with Crippen molar-refractivity contribution in [3.63, 3.8) is 0 Å². The van der Waals surface area contributed by atoms with Gasteiger partial charge in [0.1, 0.15) is 0 Å². The van der Waals surface area contributed by atoms with Gasteiger partial charge in [-0.2, -0.15) is 4.31 Å². The molecule has 2 fully saturated rings. The van der Waals surface area contributed by atoms with Crippen LogP contribution in [0.25, 0.3) is 0 Å². The molecule has 1 aliphatic carbocycles. The second kappa shape index (κ2) is 6.01. The van der Waals surface area contributed by atoms with E-state index in [1.165, 1.54) is 4.31 Å². The molecule has 120 valence electrons. The highest BCUT2D eigenvalue weighted by atomic mass is 32.2. The summed E-state index contributed by atoms with van der Waals surface area (Å²) in [7, 11) is -3.41.